The van der Waals surface area contributed by atoms with Gasteiger partial charge in [0.15, 0.2) is 0 Å². The Kier molecular flexibility index (Phi) is 2.42. The summed E-state index contributed by atoms with van der Waals surface area (Å²) in [5.41, 5.74) is 0.378. The van der Waals surface area contributed by atoms with Gasteiger partial charge in [0.25, 0.3) is 0 Å². The van der Waals surface area contributed by atoms with Gasteiger partial charge in [-0.25, -0.2) is 0 Å². The van der Waals surface area contributed by atoms with Crippen molar-refractivity contribution in [3.05, 3.63) is 29.6 Å². The number of halogens is 1. The Labute approximate surface area is 71.8 Å². The number of aryl methyl sites for hydroxylation is 1. The second-order valence-corrected chi connectivity index (χ2v) is 5.84. The predicted octanol–water partition coefficient (Wildman–Crippen LogP) is -0.305. The molecule has 1 aromatic carbocycles. The van der Waals surface area contributed by atoms with Crippen molar-refractivity contribution in [1.82, 2.24) is 0 Å². The van der Waals surface area contributed by atoms with Gasteiger partial charge < -0.3 is 0 Å². The standard InChI is InChI=1S/C7H8AsFO3/c1-5-2-3-6(4-7(5)9)8(10,11)12/h2-4H,1H3,(H2,10,11,12). The molecule has 5 heteroatoms. The minimum absolute atomic E-state index is 0.226. The van der Waals surface area contributed by atoms with E-state index in [1.807, 2.05) is 0 Å². The Morgan fingerprint density at radius 2 is 2.00 bits per heavy atom. The Balaban J connectivity index is 3.23. The molecule has 0 radical (unpaired) electrons. The van der Waals surface area contributed by atoms with Crippen LogP contribution in [-0.2, 0) is 3.74 Å². The number of rotatable bonds is 1. The van der Waals surface area contributed by atoms with Gasteiger partial charge in [-0.05, 0) is 0 Å². The zero-order chi connectivity index (χ0) is 9.35. The average Bonchev–Trinajstić information content (AvgIpc) is 1.92. The van der Waals surface area contributed by atoms with Gasteiger partial charge in [-0.2, -0.15) is 0 Å². The summed E-state index contributed by atoms with van der Waals surface area (Å²) in [6.07, 6.45) is 0. The maximum atomic E-state index is 12.8. The average molecular weight is 234 g/mol. The summed E-state index contributed by atoms with van der Waals surface area (Å²) in [6.45, 7) is 1.53. The van der Waals surface area contributed by atoms with Crippen molar-refractivity contribution >= 4 is 18.5 Å². The zero-order valence-corrected chi connectivity index (χ0v) is 8.24. The summed E-state index contributed by atoms with van der Waals surface area (Å²) in [5, 5.41) is 0. The van der Waals surface area contributed by atoms with Crippen molar-refractivity contribution in [3.63, 3.8) is 0 Å². The molecule has 2 N–H and O–H groups in total. The molecule has 12 heavy (non-hydrogen) atoms. The quantitative estimate of drug-likeness (QED) is 0.655. The van der Waals surface area contributed by atoms with Crippen LogP contribution in [0.25, 0.3) is 0 Å². The summed E-state index contributed by atoms with van der Waals surface area (Å²) >= 11 is -4.90. The molecule has 0 fully saturated rings. The zero-order valence-electron chi connectivity index (χ0n) is 6.36. The van der Waals surface area contributed by atoms with E-state index in [1.165, 1.54) is 19.1 Å². The van der Waals surface area contributed by atoms with Gasteiger partial charge in [0.05, 0.1) is 0 Å². The third-order valence-electron chi connectivity index (χ3n) is 1.49. The molecule has 1 aromatic rings. The summed E-state index contributed by atoms with van der Waals surface area (Å²) in [6, 6.07) is 3.48. The van der Waals surface area contributed by atoms with E-state index in [1.54, 1.807) is 0 Å². The first-order valence-electron chi connectivity index (χ1n) is 3.23. The molecule has 66 valence electrons. The topological polar surface area (TPSA) is 57.5 Å². The van der Waals surface area contributed by atoms with Gasteiger partial charge in [0.1, 0.15) is 0 Å². The number of hydrogen-bond donors (Lipinski definition) is 2. The van der Waals surface area contributed by atoms with E-state index in [-0.39, 0.29) is 4.35 Å². The van der Waals surface area contributed by atoms with E-state index < -0.39 is 20.0 Å². The summed E-state index contributed by atoms with van der Waals surface area (Å²) in [4.78, 5) is 0. The van der Waals surface area contributed by atoms with Crippen LogP contribution in [0.5, 0.6) is 0 Å². The third-order valence-corrected chi connectivity index (χ3v) is 3.49. The van der Waals surface area contributed by atoms with Crippen molar-refractivity contribution in [1.29, 1.82) is 0 Å². The molecule has 0 unspecified atom stereocenters. The van der Waals surface area contributed by atoms with Crippen LogP contribution in [0.2, 0.25) is 0 Å². The van der Waals surface area contributed by atoms with Crippen molar-refractivity contribution in [2.24, 2.45) is 0 Å². The monoisotopic (exact) mass is 234 g/mol. The van der Waals surface area contributed by atoms with E-state index in [4.69, 9.17) is 8.19 Å². The summed E-state index contributed by atoms with van der Waals surface area (Å²) < 4.78 is 40.7. The molecular weight excluding hydrogens is 226 g/mol. The molecule has 3 nitrogen and oxygen atoms in total. The van der Waals surface area contributed by atoms with E-state index >= 15 is 0 Å². The molecule has 1 rings (SSSR count). The third kappa shape index (κ3) is 1.97. The van der Waals surface area contributed by atoms with Gasteiger partial charge in [0.2, 0.25) is 0 Å². The molecule has 0 bridgehead atoms. The van der Waals surface area contributed by atoms with E-state index in [9.17, 15) is 8.13 Å². The molecule has 0 aromatic heterocycles. The van der Waals surface area contributed by atoms with Gasteiger partial charge in [-0.1, -0.05) is 0 Å². The van der Waals surface area contributed by atoms with Crippen LogP contribution in [0.15, 0.2) is 18.2 Å². The maximum absolute atomic E-state index is 12.8. The Morgan fingerprint density at radius 1 is 1.42 bits per heavy atom. The minimum atomic E-state index is -4.90. The van der Waals surface area contributed by atoms with Gasteiger partial charge >= 0.3 is 71.3 Å². The molecule has 0 amide bonds. The van der Waals surface area contributed by atoms with Crippen LogP contribution < -0.4 is 4.35 Å². The molecule has 0 aliphatic carbocycles. The molecule has 0 aliphatic rings. The summed E-state index contributed by atoms with van der Waals surface area (Å²) in [7, 11) is 0. The van der Waals surface area contributed by atoms with Crippen LogP contribution in [0.3, 0.4) is 0 Å². The van der Waals surface area contributed by atoms with Crippen molar-refractivity contribution < 1.29 is 16.3 Å². The second-order valence-electron chi connectivity index (χ2n) is 2.48. The van der Waals surface area contributed by atoms with Crippen molar-refractivity contribution in [2.45, 2.75) is 6.92 Å². The van der Waals surface area contributed by atoms with Crippen LogP contribution in [0.1, 0.15) is 5.56 Å². The molecular formula is C7H8AsFO3. The van der Waals surface area contributed by atoms with Crippen LogP contribution >= 0.6 is 0 Å². The van der Waals surface area contributed by atoms with Crippen molar-refractivity contribution in [2.75, 3.05) is 0 Å². The van der Waals surface area contributed by atoms with Gasteiger partial charge in [-0.15, -0.1) is 0 Å². The Morgan fingerprint density at radius 3 is 2.42 bits per heavy atom. The Bertz CT molecular complexity index is 345. The fourth-order valence-electron chi connectivity index (χ4n) is 0.763. The first kappa shape index (κ1) is 9.52. The fourth-order valence-corrected chi connectivity index (χ4v) is 1.92. The van der Waals surface area contributed by atoms with E-state index in [2.05, 4.69) is 0 Å². The van der Waals surface area contributed by atoms with E-state index in [0.717, 1.165) is 6.07 Å². The molecule has 0 spiro atoms. The Hall–Kier alpha value is -0.572. The molecule has 0 heterocycles. The first-order chi connectivity index (χ1) is 5.41. The van der Waals surface area contributed by atoms with Gasteiger partial charge in [-0.3, -0.25) is 0 Å². The van der Waals surface area contributed by atoms with Crippen molar-refractivity contribution in [3.8, 4) is 0 Å². The van der Waals surface area contributed by atoms with Crippen LogP contribution in [0, 0.1) is 12.7 Å². The summed E-state index contributed by atoms with van der Waals surface area (Å²) in [5.74, 6) is -0.586. The van der Waals surface area contributed by atoms with Crippen LogP contribution in [0.4, 0.5) is 4.39 Å². The molecule has 0 saturated carbocycles. The fraction of sp³-hybridized carbons (Fsp3) is 0.143. The number of hydrogen-bond acceptors (Lipinski definition) is 1. The molecule has 0 aliphatic heterocycles. The molecule has 0 atom stereocenters. The van der Waals surface area contributed by atoms with Gasteiger partial charge in [0, 0.05) is 0 Å². The molecule has 0 saturated heterocycles. The number of benzene rings is 1. The SMILES string of the molecule is Cc1ccc([As](=O)(O)O)cc1F. The van der Waals surface area contributed by atoms with E-state index in [0.29, 0.717) is 5.56 Å². The normalized spacial score (nSPS) is 11.7. The predicted molar refractivity (Wildman–Crippen MR) is 41.6 cm³/mol. The van der Waals surface area contributed by atoms with Crippen LogP contribution in [-0.4, -0.2) is 22.4 Å². The second kappa shape index (κ2) is 3.05. The first-order valence-corrected chi connectivity index (χ1v) is 6.62.